The molecule has 2 heterocycles. The van der Waals surface area contributed by atoms with Crippen molar-refractivity contribution in [2.75, 3.05) is 18.4 Å². The van der Waals surface area contributed by atoms with Crippen LogP contribution in [0.5, 0.6) is 0 Å². The Hall–Kier alpha value is -2.77. The number of carbonyl (C=O) groups is 2. The minimum absolute atomic E-state index is 0.101. The highest BCUT2D eigenvalue weighted by atomic mass is 35.5. The van der Waals surface area contributed by atoms with Gasteiger partial charge in [-0.05, 0) is 36.6 Å². The van der Waals surface area contributed by atoms with Crippen LogP contribution in [-0.4, -0.2) is 40.0 Å². The summed E-state index contributed by atoms with van der Waals surface area (Å²) in [6, 6.07) is 16.7. The molecule has 0 bridgehead atoms. The van der Waals surface area contributed by atoms with E-state index in [9.17, 15) is 9.59 Å². The zero-order valence-corrected chi connectivity index (χ0v) is 17.8. The molecule has 2 aromatic carbocycles. The van der Waals surface area contributed by atoms with Gasteiger partial charge in [0.25, 0.3) is 5.91 Å². The zero-order valence-electron chi connectivity index (χ0n) is 16.3. The molecule has 0 radical (unpaired) electrons. The highest BCUT2D eigenvalue weighted by Gasteiger charge is 2.28. The molecule has 1 aliphatic heterocycles. The number of hydrogen-bond donors (Lipinski definition) is 1. The predicted molar refractivity (Wildman–Crippen MR) is 118 cm³/mol. The van der Waals surface area contributed by atoms with Crippen LogP contribution >= 0.6 is 22.9 Å². The molecule has 154 valence electrons. The minimum Gasteiger partial charge on any atom is -0.342 e. The molecule has 1 atom stereocenters. The molecule has 0 aliphatic carbocycles. The molecule has 4 rings (SSSR count). The smallest absolute Gasteiger partial charge is 0.286 e. The molecule has 1 fully saturated rings. The second-order valence-corrected chi connectivity index (χ2v) is 8.70. The summed E-state index contributed by atoms with van der Waals surface area (Å²) in [6.07, 6.45) is 2.24. The number of likely N-dealkylation sites (tertiary alicyclic amines) is 1. The van der Waals surface area contributed by atoms with Crippen molar-refractivity contribution in [3.63, 3.8) is 0 Å². The molecule has 1 aromatic heterocycles. The summed E-state index contributed by atoms with van der Waals surface area (Å²) in [5.74, 6) is -0.0909. The number of benzene rings is 2. The third kappa shape index (κ3) is 5.04. The van der Waals surface area contributed by atoms with E-state index in [0.717, 1.165) is 30.0 Å². The van der Waals surface area contributed by atoms with E-state index in [1.165, 1.54) is 11.3 Å². The van der Waals surface area contributed by atoms with E-state index in [-0.39, 0.29) is 17.7 Å². The third-order valence-electron chi connectivity index (χ3n) is 5.04. The fourth-order valence-electron chi connectivity index (χ4n) is 3.53. The van der Waals surface area contributed by atoms with E-state index in [4.69, 9.17) is 11.6 Å². The van der Waals surface area contributed by atoms with Crippen LogP contribution < -0.4 is 5.32 Å². The molecule has 30 heavy (non-hydrogen) atoms. The van der Waals surface area contributed by atoms with E-state index >= 15 is 0 Å². The number of piperidine rings is 1. The van der Waals surface area contributed by atoms with Crippen LogP contribution in [-0.2, 0) is 11.2 Å². The van der Waals surface area contributed by atoms with Gasteiger partial charge in [0.05, 0.1) is 6.42 Å². The Morgan fingerprint density at radius 3 is 2.77 bits per heavy atom. The second kappa shape index (κ2) is 9.36. The Balaban J connectivity index is 1.39. The van der Waals surface area contributed by atoms with E-state index < -0.39 is 0 Å². The summed E-state index contributed by atoms with van der Waals surface area (Å²) in [7, 11) is 0. The number of halogens is 1. The van der Waals surface area contributed by atoms with Crippen molar-refractivity contribution in [1.29, 1.82) is 0 Å². The second-order valence-electron chi connectivity index (χ2n) is 7.25. The summed E-state index contributed by atoms with van der Waals surface area (Å²) in [4.78, 5) is 27.1. The monoisotopic (exact) mass is 440 g/mol. The number of nitrogens with zero attached hydrogens (tertiary/aromatic N) is 3. The van der Waals surface area contributed by atoms with Crippen LogP contribution in [0, 0.1) is 0 Å². The number of nitrogens with one attached hydrogen (secondary N) is 1. The third-order valence-corrected chi connectivity index (χ3v) is 6.36. The zero-order chi connectivity index (χ0) is 20.9. The van der Waals surface area contributed by atoms with Crippen LogP contribution in [0.1, 0.15) is 39.1 Å². The van der Waals surface area contributed by atoms with Gasteiger partial charge in [0, 0.05) is 29.7 Å². The lowest BCUT2D eigenvalue weighted by molar-refractivity contribution is -0.131. The lowest BCUT2D eigenvalue weighted by atomic mass is 9.98. The van der Waals surface area contributed by atoms with Crippen molar-refractivity contribution in [2.24, 2.45) is 0 Å². The quantitative estimate of drug-likeness (QED) is 0.638. The van der Waals surface area contributed by atoms with Gasteiger partial charge in [-0.25, -0.2) is 0 Å². The Morgan fingerprint density at radius 1 is 1.13 bits per heavy atom. The summed E-state index contributed by atoms with van der Waals surface area (Å²) in [5, 5.41) is 12.7. The number of rotatable bonds is 5. The Labute approximate surface area is 183 Å². The topological polar surface area (TPSA) is 75.2 Å². The molecule has 3 aromatic rings. The first-order valence-electron chi connectivity index (χ1n) is 9.80. The summed E-state index contributed by atoms with van der Waals surface area (Å²) < 4.78 is 0. The lowest BCUT2D eigenvalue weighted by Crippen LogP contribution is -2.39. The molecule has 8 heteroatoms. The standard InChI is InChI=1S/C22H21ClN4O2S/c23-17-9-4-10-18(13-17)24-20(29)22-26-25-21(30-22)16-8-5-11-27(14-16)19(28)12-15-6-2-1-3-7-15/h1-4,6-7,9-10,13,16H,5,8,11-12,14H2,(H,24,29)/t16-/m0/s1. The normalized spacial score (nSPS) is 16.3. The van der Waals surface area contributed by atoms with E-state index in [0.29, 0.717) is 28.7 Å². The van der Waals surface area contributed by atoms with E-state index in [1.54, 1.807) is 24.3 Å². The van der Waals surface area contributed by atoms with Crippen LogP contribution in [0.4, 0.5) is 5.69 Å². The SMILES string of the molecule is O=C(Nc1cccc(Cl)c1)c1nnc([C@H]2CCCN(C(=O)Cc3ccccc3)C2)s1. The number of carbonyl (C=O) groups excluding carboxylic acids is 2. The number of anilines is 1. The molecule has 6 nitrogen and oxygen atoms in total. The van der Waals surface area contributed by atoms with Crippen molar-refractivity contribution in [1.82, 2.24) is 15.1 Å². The van der Waals surface area contributed by atoms with Gasteiger partial charge in [-0.15, -0.1) is 10.2 Å². The largest absolute Gasteiger partial charge is 0.342 e. The molecule has 0 unspecified atom stereocenters. The lowest BCUT2D eigenvalue weighted by Gasteiger charge is -2.31. The first kappa shape index (κ1) is 20.5. The van der Waals surface area contributed by atoms with Crippen LogP contribution in [0.15, 0.2) is 54.6 Å². The number of amides is 2. The van der Waals surface area contributed by atoms with Gasteiger partial charge in [-0.1, -0.05) is 59.3 Å². The maximum Gasteiger partial charge on any atom is 0.286 e. The van der Waals surface area contributed by atoms with Gasteiger partial charge < -0.3 is 10.2 Å². The van der Waals surface area contributed by atoms with Gasteiger partial charge in [-0.3, -0.25) is 9.59 Å². The van der Waals surface area contributed by atoms with Gasteiger partial charge >= 0.3 is 0 Å². The van der Waals surface area contributed by atoms with Crippen LogP contribution in [0.3, 0.4) is 0 Å². The highest BCUT2D eigenvalue weighted by molar-refractivity contribution is 7.13. The van der Waals surface area contributed by atoms with Crippen molar-refractivity contribution in [2.45, 2.75) is 25.2 Å². The molecule has 1 aliphatic rings. The molecule has 1 saturated heterocycles. The van der Waals surface area contributed by atoms with Gasteiger partial charge in [0.1, 0.15) is 5.01 Å². The minimum atomic E-state index is -0.311. The van der Waals surface area contributed by atoms with Crippen LogP contribution in [0.2, 0.25) is 5.02 Å². The summed E-state index contributed by atoms with van der Waals surface area (Å²) in [6.45, 7) is 1.36. The van der Waals surface area contributed by atoms with E-state index in [1.807, 2.05) is 35.2 Å². The summed E-state index contributed by atoms with van der Waals surface area (Å²) in [5.41, 5.74) is 1.63. The fourth-order valence-corrected chi connectivity index (χ4v) is 4.58. The molecular weight excluding hydrogens is 420 g/mol. The highest BCUT2D eigenvalue weighted by Crippen LogP contribution is 2.30. The average molecular weight is 441 g/mol. The van der Waals surface area contributed by atoms with Gasteiger partial charge in [0.15, 0.2) is 0 Å². The molecule has 2 amide bonds. The Morgan fingerprint density at radius 2 is 1.97 bits per heavy atom. The van der Waals surface area contributed by atoms with Crippen LogP contribution in [0.25, 0.3) is 0 Å². The first-order chi connectivity index (χ1) is 14.6. The Kier molecular flexibility index (Phi) is 6.40. The average Bonchev–Trinajstić information content (AvgIpc) is 3.25. The maximum absolute atomic E-state index is 12.7. The molecule has 1 N–H and O–H groups in total. The molecule has 0 spiro atoms. The molecule has 0 saturated carbocycles. The fraction of sp³-hybridized carbons (Fsp3) is 0.273. The maximum atomic E-state index is 12.7. The summed E-state index contributed by atoms with van der Waals surface area (Å²) >= 11 is 7.24. The molecular formula is C22H21ClN4O2S. The van der Waals surface area contributed by atoms with Gasteiger partial charge in [0.2, 0.25) is 10.9 Å². The van der Waals surface area contributed by atoms with E-state index in [2.05, 4.69) is 15.5 Å². The first-order valence-corrected chi connectivity index (χ1v) is 11.0. The predicted octanol–water partition coefficient (Wildman–Crippen LogP) is 4.39. The number of hydrogen-bond acceptors (Lipinski definition) is 5. The van der Waals surface area contributed by atoms with Crippen molar-refractivity contribution in [3.05, 3.63) is 75.2 Å². The van der Waals surface area contributed by atoms with Crippen molar-refractivity contribution >= 4 is 40.4 Å². The Bertz CT molecular complexity index is 1040. The van der Waals surface area contributed by atoms with Crippen molar-refractivity contribution in [3.8, 4) is 0 Å². The van der Waals surface area contributed by atoms with Gasteiger partial charge in [-0.2, -0.15) is 0 Å². The number of aromatic nitrogens is 2. The van der Waals surface area contributed by atoms with Crippen molar-refractivity contribution < 1.29 is 9.59 Å².